The van der Waals surface area contributed by atoms with E-state index in [2.05, 4.69) is 16.8 Å². The fourth-order valence-electron chi connectivity index (χ4n) is 2.70. The fourth-order valence-corrected chi connectivity index (χ4v) is 2.70. The summed E-state index contributed by atoms with van der Waals surface area (Å²) >= 11 is 0. The molecule has 1 aliphatic rings. The first kappa shape index (κ1) is 17.2. The Morgan fingerprint density at radius 2 is 2.04 bits per heavy atom. The molecule has 3 rings (SSSR count). The van der Waals surface area contributed by atoms with Gasteiger partial charge in [-0.05, 0) is 13.0 Å². The van der Waals surface area contributed by atoms with Crippen LogP contribution in [-0.4, -0.2) is 28.8 Å². The number of rotatable bonds is 5. The van der Waals surface area contributed by atoms with E-state index in [4.69, 9.17) is 0 Å². The Kier molecular flexibility index (Phi) is 4.70. The lowest BCUT2D eigenvalue weighted by atomic mass is 10.1. The van der Waals surface area contributed by atoms with Gasteiger partial charge >= 0.3 is 0 Å². The van der Waals surface area contributed by atoms with Crippen molar-refractivity contribution in [2.75, 3.05) is 11.4 Å². The molecular weight excluding hydrogens is 332 g/mol. The van der Waals surface area contributed by atoms with Crippen LogP contribution in [0, 0.1) is 10.1 Å². The molecule has 0 fully saturated rings. The second kappa shape index (κ2) is 7.10. The lowest BCUT2D eigenvalue weighted by Crippen LogP contribution is -2.30. The summed E-state index contributed by atoms with van der Waals surface area (Å²) in [6, 6.07) is 13.5. The maximum atomic E-state index is 12.6. The predicted molar refractivity (Wildman–Crippen MR) is 101 cm³/mol. The van der Waals surface area contributed by atoms with Gasteiger partial charge in [0.1, 0.15) is 0 Å². The molecule has 26 heavy (non-hydrogen) atoms. The standard InChI is InChI=1S/C19H16N4O3/c1-3-11-22-17-10-5-4-9-16(17)18(19(22)24)21-20-13(2)14-7-6-8-15(12-14)23(25)26/h3-10,12H,1,11H2,2H3/b20-13-,21-18-. The summed E-state index contributed by atoms with van der Waals surface area (Å²) in [7, 11) is 0. The van der Waals surface area contributed by atoms with E-state index in [0.29, 0.717) is 23.4 Å². The quantitative estimate of drug-likeness (QED) is 0.359. The van der Waals surface area contributed by atoms with Gasteiger partial charge in [-0.1, -0.05) is 36.4 Å². The smallest absolute Gasteiger partial charge is 0.279 e. The maximum absolute atomic E-state index is 12.6. The number of benzene rings is 2. The van der Waals surface area contributed by atoms with Gasteiger partial charge in [0.25, 0.3) is 11.6 Å². The summed E-state index contributed by atoms with van der Waals surface area (Å²) < 4.78 is 0. The number of carbonyl (C=O) groups is 1. The van der Waals surface area contributed by atoms with Crippen LogP contribution in [-0.2, 0) is 4.79 Å². The minimum absolute atomic E-state index is 0.0239. The first-order valence-corrected chi connectivity index (χ1v) is 7.92. The number of non-ortho nitro benzene ring substituents is 1. The molecule has 0 atom stereocenters. The summed E-state index contributed by atoms with van der Waals surface area (Å²) in [5.41, 5.74) is 2.74. The van der Waals surface area contributed by atoms with E-state index in [1.807, 2.05) is 24.3 Å². The molecule has 2 aromatic carbocycles. The zero-order valence-corrected chi connectivity index (χ0v) is 14.1. The van der Waals surface area contributed by atoms with E-state index in [1.54, 1.807) is 30.0 Å². The van der Waals surface area contributed by atoms with Gasteiger partial charge in [0.05, 0.1) is 16.3 Å². The van der Waals surface area contributed by atoms with E-state index in [1.165, 1.54) is 12.1 Å². The molecule has 7 nitrogen and oxygen atoms in total. The van der Waals surface area contributed by atoms with Gasteiger partial charge in [-0.2, -0.15) is 5.10 Å². The highest BCUT2D eigenvalue weighted by Crippen LogP contribution is 2.29. The molecule has 0 N–H and O–H groups in total. The van der Waals surface area contributed by atoms with Gasteiger partial charge in [0, 0.05) is 29.8 Å². The third-order valence-corrected chi connectivity index (χ3v) is 3.98. The van der Waals surface area contributed by atoms with Crippen LogP contribution in [0.2, 0.25) is 0 Å². The van der Waals surface area contributed by atoms with Crippen LogP contribution in [0.1, 0.15) is 18.1 Å². The normalized spacial score (nSPS) is 15.3. The molecule has 1 amide bonds. The molecule has 0 saturated carbocycles. The van der Waals surface area contributed by atoms with Crippen LogP contribution in [0.4, 0.5) is 11.4 Å². The molecule has 2 aromatic rings. The van der Waals surface area contributed by atoms with Crippen LogP contribution in [0.25, 0.3) is 0 Å². The lowest BCUT2D eigenvalue weighted by Gasteiger charge is -2.13. The van der Waals surface area contributed by atoms with E-state index in [0.717, 1.165) is 5.69 Å². The lowest BCUT2D eigenvalue weighted by molar-refractivity contribution is -0.384. The topological polar surface area (TPSA) is 88.2 Å². The monoisotopic (exact) mass is 348 g/mol. The van der Waals surface area contributed by atoms with Crippen LogP contribution in [0.3, 0.4) is 0 Å². The number of para-hydroxylation sites is 1. The van der Waals surface area contributed by atoms with E-state index in [-0.39, 0.29) is 17.3 Å². The summed E-state index contributed by atoms with van der Waals surface area (Å²) in [5.74, 6) is -0.248. The Hall–Kier alpha value is -3.61. The van der Waals surface area contributed by atoms with Gasteiger partial charge in [0.2, 0.25) is 0 Å². The van der Waals surface area contributed by atoms with Crippen molar-refractivity contribution in [3.05, 3.63) is 82.4 Å². The number of amides is 1. The number of nitro benzene ring substituents is 1. The van der Waals surface area contributed by atoms with Gasteiger partial charge in [0.15, 0.2) is 5.71 Å². The van der Waals surface area contributed by atoms with Crippen LogP contribution in [0.15, 0.2) is 71.4 Å². The highest BCUT2D eigenvalue weighted by molar-refractivity contribution is 6.54. The largest absolute Gasteiger partial charge is 0.302 e. The van der Waals surface area contributed by atoms with E-state index >= 15 is 0 Å². The molecule has 130 valence electrons. The number of fused-ring (bicyclic) bond motifs is 1. The second-order valence-corrected chi connectivity index (χ2v) is 5.66. The average Bonchev–Trinajstić information content (AvgIpc) is 2.92. The summed E-state index contributed by atoms with van der Waals surface area (Å²) in [6.07, 6.45) is 1.65. The molecule has 0 aliphatic carbocycles. The molecule has 1 heterocycles. The molecule has 7 heteroatoms. The molecule has 0 unspecified atom stereocenters. The number of hydrogen-bond acceptors (Lipinski definition) is 5. The van der Waals surface area contributed by atoms with Crippen LogP contribution < -0.4 is 4.90 Å². The number of carbonyl (C=O) groups excluding carboxylic acids is 1. The summed E-state index contributed by atoms with van der Waals surface area (Å²) in [6.45, 7) is 5.74. The second-order valence-electron chi connectivity index (χ2n) is 5.66. The Morgan fingerprint density at radius 3 is 2.77 bits per heavy atom. The van der Waals surface area contributed by atoms with Crippen molar-refractivity contribution in [3.8, 4) is 0 Å². The average molecular weight is 348 g/mol. The first-order valence-electron chi connectivity index (χ1n) is 7.92. The molecule has 1 aliphatic heterocycles. The molecular formula is C19H16N4O3. The Bertz CT molecular complexity index is 963. The molecule has 0 bridgehead atoms. The van der Waals surface area contributed by atoms with Crippen molar-refractivity contribution in [1.29, 1.82) is 0 Å². The number of nitro groups is 1. The maximum Gasteiger partial charge on any atom is 0.279 e. The van der Waals surface area contributed by atoms with Crippen molar-refractivity contribution in [3.63, 3.8) is 0 Å². The summed E-state index contributed by atoms with van der Waals surface area (Å²) in [5, 5.41) is 19.2. The van der Waals surface area contributed by atoms with E-state index < -0.39 is 4.92 Å². The van der Waals surface area contributed by atoms with E-state index in [9.17, 15) is 14.9 Å². The third-order valence-electron chi connectivity index (χ3n) is 3.98. The van der Waals surface area contributed by atoms with Gasteiger partial charge in [-0.25, -0.2) is 0 Å². The SMILES string of the molecule is C=CCN1C(=O)/C(=N\N=C(\C)c2cccc([N+](=O)[O-])c2)c2ccccc21. The Morgan fingerprint density at radius 1 is 1.27 bits per heavy atom. The van der Waals surface area contributed by atoms with Gasteiger partial charge in [-0.3, -0.25) is 14.9 Å². The molecule has 0 saturated heterocycles. The fraction of sp³-hybridized carbons (Fsp3) is 0.105. The van der Waals surface area contributed by atoms with Crippen LogP contribution >= 0.6 is 0 Å². The van der Waals surface area contributed by atoms with Gasteiger partial charge in [-0.15, -0.1) is 11.7 Å². The third kappa shape index (κ3) is 3.14. The Balaban J connectivity index is 1.98. The zero-order chi connectivity index (χ0) is 18.7. The van der Waals surface area contributed by atoms with Crippen molar-refractivity contribution in [2.45, 2.75) is 6.92 Å². The molecule has 0 aromatic heterocycles. The highest BCUT2D eigenvalue weighted by Gasteiger charge is 2.33. The first-order chi connectivity index (χ1) is 12.5. The minimum Gasteiger partial charge on any atom is -0.302 e. The zero-order valence-electron chi connectivity index (χ0n) is 14.1. The molecule has 0 radical (unpaired) electrons. The van der Waals surface area contributed by atoms with Crippen molar-refractivity contribution < 1.29 is 9.72 Å². The molecule has 0 spiro atoms. The van der Waals surface area contributed by atoms with Crippen molar-refractivity contribution in [2.24, 2.45) is 10.2 Å². The number of hydrogen-bond donors (Lipinski definition) is 0. The minimum atomic E-state index is -0.466. The van der Waals surface area contributed by atoms with Crippen LogP contribution in [0.5, 0.6) is 0 Å². The number of anilines is 1. The summed E-state index contributed by atoms with van der Waals surface area (Å²) in [4.78, 5) is 24.7. The van der Waals surface area contributed by atoms with Crippen molar-refractivity contribution >= 4 is 28.7 Å². The van der Waals surface area contributed by atoms with Crippen molar-refractivity contribution in [1.82, 2.24) is 0 Å². The Labute approximate surface area is 150 Å². The predicted octanol–water partition coefficient (Wildman–Crippen LogP) is 3.34. The van der Waals surface area contributed by atoms with Gasteiger partial charge < -0.3 is 4.90 Å². The number of nitrogens with zero attached hydrogens (tertiary/aromatic N) is 4. The highest BCUT2D eigenvalue weighted by atomic mass is 16.6.